The number of pyridine rings is 1. The van der Waals surface area contributed by atoms with Gasteiger partial charge in [-0.1, -0.05) is 31.5 Å². The molecule has 0 saturated heterocycles. The van der Waals surface area contributed by atoms with Gasteiger partial charge < -0.3 is 15.4 Å². The number of nitrogens with one attached hydrogen (secondary N) is 2. The van der Waals surface area contributed by atoms with Gasteiger partial charge in [0.05, 0.1) is 0 Å². The number of aromatic nitrogens is 1. The Hall–Kier alpha value is -3.67. The first-order chi connectivity index (χ1) is 14.2. The molecule has 0 bridgehead atoms. The molecule has 0 aliphatic carbocycles. The second-order valence-corrected chi connectivity index (χ2v) is 6.43. The number of para-hydroxylation sites is 1. The summed E-state index contributed by atoms with van der Waals surface area (Å²) in [5, 5.41) is 5.61. The van der Waals surface area contributed by atoms with Crippen molar-refractivity contribution >= 4 is 17.5 Å². The zero-order valence-electron chi connectivity index (χ0n) is 16.2. The Labute approximate surface area is 169 Å². The van der Waals surface area contributed by atoms with Crippen LogP contribution in [0.15, 0.2) is 72.9 Å². The molecule has 0 aliphatic heterocycles. The summed E-state index contributed by atoms with van der Waals surface area (Å²) in [6.45, 7) is 2.66. The van der Waals surface area contributed by atoms with Gasteiger partial charge in [-0.2, -0.15) is 0 Å². The molecular formula is C23H23N3O3. The van der Waals surface area contributed by atoms with Crippen LogP contribution in [0.25, 0.3) is 0 Å². The van der Waals surface area contributed by atoms with Crippen LogP contribution in [-0.2, 0) is 0 Å². The van der Waals surface area contributed by atoms with E-state index < -0.39 is 0 Å². The number of unbranched alkanes of at least 4 members (excludes halogenated alkanes) is 1. The third-order valence-corrected chi connectivity index (χ3v) is 4.16. The maximum Gasteiger partial charge on any atom is 0.274 e. The van der Waals surface area contributed by atoms with Crippen molar-refractivity contribution in [3.8, 4) is 11.5 Å². The van der Waals surface area contributed by atoms with E-state index in [0.717, 1.165) is 18.6 Å². The number of carbonyl (C=O) groups excluding carboxylic acids is 2. The zero-order chi connectivity index (χ0) is 20.5. The lowest BCUT2D eigenvalue weighted by Gasteiger charge is -2.09. The first kappa shape index (κ1) is 20.1. The van der Waals surface area contributed by atoms with Crippen molar-refractivity contribution in [3.05, 3.63) is 84.2 Å². The van der Waals surface area contributed by atoms with Crippen LogP contribution in [0.4, 0.5) is 5.69 Å². The molecule has 1 heterocycles. The van der Waals surface area contributed by atoms with E-state index in [9.17, 15) is 9.59 Å². The third-order valence-electron chi connectivity index (χ3n) is 4.16. The molecule has 6 heteroatoms. The first-order valence-electron chi connectivity index (χ1n) is 9.54. The van der Waals surface area contributed by atoms with Gasteiger partial charge in [0.2, 0.25) is 0 Å². The Balaban J connectivity index is 1.61. The molecule has 0 fully saturated rings. The Morgan fingerprint density at radius 1 is 0.931 bits per heavy atom. The minimum absolute atomic E-state index is 0.178. The number of amides is 2. The van der Waals surface area contributed by atoms with Crippen LogP contribution in [0, 0.1) is 0 Å². The highest BCUT2D eigenvalue weighted by Gasteiger charge is 2.12. The van der Waals surface area contributed by atoms with Crippen LogP contribution in [-0.4, -0.2) is 23.3 Å². The summed E-state index contributed by atoms with van der Waals surface area (Å²) in [5.74, 6) is 0.808. The normalized spacial score (nSPS) is 10.2. The molecule has 148 valence electrons. The fourth-order valence-corrected chi connectivity index (χ4v) is 2.60. The van der Waals surface area contributed by atoms with Gasteiger partial charge in [-0.15, -0.1) is 0 Å². The van der Waals surface area contributed by atoms with Crippen LogP contribution in [0.3, 0.4) is 0 Å². The lowest BCUT2D eigenvalue weighted by Crippen LogP contribution is -2.25. The van der Waals surface area contributed by atoms with Crippen LogP contribution in [0.5, 0.6) is 11.5 Å². The minimum atomic E-state index is -0.384. The summed E-state index contributed by atoms with van der Waals surface area (Å²) in [6, 6.07) is 19.6. The van der Waals surface area contributed by atoms with Crippen molar-refractivity contribution in [1.29, 1.82) is 0 Å². The highest BCUT2D eigenvalue weighted by atomic mass is 16.5. The van der Waals surface area contributed by atoms with Gasteiger partial charge in [0, 0.05) is 24.0 Å². The van der Waals surface area contributed by atoms with Gasteiger partial charge in [-0.3, -0.25) is 14.6 Å². The standard InChI is InChI=1S/C23H23N3O3/c1-2-3-14-25-22(27)17-13-15-24-21(16-17)23(28)26-18-9-11-20(12-10-18)29-19-7-5-4-6-8-19/h4-13,15-16H,2-3,14H2,1H3,(H,25,27)(H,26,28). The highest BCUT2D eigenvalue weighted by molar-refractivity contribution is 6.04. The summed E-state index contributed by atoms with van der Waals surface area (Å²) in [5.41, 5.74) is 1.20. The molecule has 0 radical (unpaired) electrons. The average molecular weight is 389 g/mol. The van der Waals surface area contributed by atoms with E-state index in [4.69, 9.17) is 4.74 Å². The zero-order valence-corrected chi connectivity index (χ0v) is 16.2. The Morgan fingerprint density at radius 3 is 2.38 bits per heavy atom. The van der Waals surface area contributed by atoms with Crippen LogP contribution >= 0.6 is 0 Å². The molecule has 3 rings (SSSR count). The molecule has 1 aromatic heterocycles. The van der Waals surface area contributed by atoms with Gasteiger partial charge in [0.25, 0.3) is 11.8 Å². The van der Waals surface area contributed by atoms with Crippen molar-refractivity contribution in [2.45, 2.75) is 19.8 Å². The van der Waals surface area contributed by atoms with E-state index in [1.54, 1.807) is 30.3 Å². The Morgan fingerprint density at radius 2 is 1.66 bits per heavy atom. The SMILES string of the molecule is CCCCNC(=O)c1ccnc(C(=O)Nc2ccc(Oc3ccccc3)cc2)c1. The predicted octanol–water partition coefficient (Wildman–Crippen LogP) is 4.66. The van der Waals surface area contributed by atoms with E-state index in [-0.39, 0.29) is 17.5 Å². The van der Waals surface area contributed by atoms with E-state index in [2.05, 4.69) is 22.5 Å². The van der Waals surface area contributed by atoms with Gasteiger partial charge in [0.1, 0.15) is 17.2 Å². The molecule has 0 spiro atoms. The summed E-state index contributed by atoms with van der Waals surface area (Å²) in [7, 11) is 0. The Kier molecular flexibility index (Phi) is 6.95. The van der Waals surface area contributed by atoms with Crippen LogP contribution in [0.1, 0.15) is 40.6 Å². The number of carbonyl (C=O) groups is 2. The maximum atomic E-state index is 12.5. The number of hydrogen-bond acceptors (Lipinski definition) is 4. The predicted molar refractivity (Wildman–Crippen MR) is 112 cm³/mol. The van der Waals surface area contributed by atoms with E-state index in [1.807, 2.05) is 30.3 Å². The van der Waals surface area contributed by atoms with Crippen molar-refractivity contribution in [1.82, 2.24) is 10.3 Å². The number of benzene rings is 2. The number of hydrogen-bond donors (Lipinski definition) is 2. The number of anilines is 1. The van der Waals surface area contributed by atoms with Crippen molar-refractivity contribution < 1.29 is 14.3 Å². The van der Waals surface area contributed by atoms with E-state index in [0.29, 0.717) is 23.5 Å². The van der Waals surface area contributed by atoms with Crippen molar-refractivity contribution in [2.24, 2.45) is 0 Å². The molecule has 2 aromatic carbocycles. The first-order valence-corrected chi connectivity index (χ1v) is 9.54. The Bertz CT molecular complexity index is 957. The number of rotatable bonds is 8. The topological polar surface area (TPSA) is 80.3 Å². The lowest BCUT2D eigenvalue weighted by molar-refractivity contribution is 0.0953. The average Bonchev–Trinajstić information content (AvgIpc) is 2.76. The molecule has 6 nitrogen and oxygen atoms in total. The summed E-state index contributed by atoms with van der Waals surface area (Å²) < 4.78 is 5.74. The molecule has 0 saturated carbocycles. The van der Waals surface area contributed by atoms with E-state index in [1.165, 1.54) is 12.3 Å². The number of nitrogens with zero attached hydrogens (tertiary/aromatic N) is 1. The molecular weight excluding hydrogens is 366 g/mol. The smallest absolute Gasteiger partial charge is 0.274 e. The molecule has 2 amide bonds. The quantitative estimate of drug-likeness (QED) is 0.549. The fourth-order valence-electron chi connectivity index (χ4n) is 2.60. The highest BCUT2D eigenvalue weighted by Crippen LogP contribution is 2.22. The third kappa shape index (κ3) is 5.90. The van der Waals surface area contributed by atoms with Gasteiger partial charge in [0.15, 0.2) is 0 Å². The summed E-state index contributed by atoms with van der Waals surface area (Å²) in [6.07, 6.45) is 3.37. The van der Waals surface area contributed by atoms with Crippen molar-refractivity contribution in [3.63, 3.8) is 0 Å². The summed E-state index contributed by atoms with van der Waals surface area (Å²) in [4.78, 5) is 28.7. The van der Waals surface area contributed by atoms with Gasteiger partial charge in [-0.25, -0.2) is 0 Å². The molecule has 3 aromatic rings. The summed E-state index contributed by atoms with van der Waals surface area (Å²) >= 11 is 0. The molecule has 2 N–H and O–H groups in total. The fraction of sp³-hybridized carbons (Fsp3) is 0.174. The molecule has 0 atom stereocenters. The maximum absolute atomic E-state index is 12.5. The monoisotopic (exact) mass is 389 g/mol. The minimum Gasteiger partial charge on any atom is -0.457 e. The van der Waals surface area contributed by atoms with Gasteiger partial charge in [-0.05, 0) is 55.0 Å². The van der Waals surface area contributed by atoms with Crippen LogP contribution < -0.4 is 15.4 Å². The number of ether oxygens (including phenoxy) is 1. The molecule has 0 unspecified atom stereocenters. The second-order valence-electron chi connectivity index (χ2n) is 6.43. The van der Waals surface area contributed by atoms with Gasteiger partial charge >= 0.3 is 0 Å². The molecule has 0 aliphatic rings. The van der Waals surface area contributed by atoms with Crippen molar-refractivity contribution in [2.75, 3.05) is 11.9 Å². The van der Waals surface area contributed by atoms with Crippen LogP contribution in [0.2, 0.25) is 0 Å². The van der Waals surface area contributed by atoms with E-state index >= 15 is 0 Å². The second kappa shape index (κ2) is 10.0. The largest absolute Gasteiger partial charge is 0.457 e. The lowest BCUT2D eigenvalue weighted by atomic mass is 10.2. The molecule has 29 heavy (non-hydrogen) atoms.